The van der Waals surface area contributed by atoms with Gasteiger partial charge in [0.1, 0.15) is 0 Å². The van der Waals surface area contributed by atoms with Crippen LogP contribution in [0.2, 0.25) is 0 Å². The highest BCUT2D eigenvalue weighted by atomic mass is 79.9. The lowest BCUT2D eigenvalue weighted by Gasteiger charge is -2.06. The van der Waals surface area contributed by atoms with Gasteiger partial charge in [-0.3, -0.25) is 4.79 Å². The molecule has 1 rings (SSSR count). The molecule has 0 saturated carbocycles. The minimum Gasteiger partial charge on any atom is -0.380 e. The number of amides is 1. The van der Waals surface area contributed by atoms with Crippen LogP contribution in [-0.2, 0) is 10.1 Å². The fourth-order valence-corrected chi connectivity index (χ4v) is 1.63. The third kappa shape index (κ3) is 4.33. The Bertz CT molecular complexity index is 342. The molecule has 0 heterocycles. The number of carbonyl (C=O) groups excluding carboxylic acids is 1. The first-order chi connectivity index (χ1) is 7.77. The van der Waals surface area contributed by atoms with Crippen molar-refractivity contribution in [3.05, 3.63) is 35.4 Å². The van der Waals surface area contributed by atoms with Crippen LogP contribution in [0.25, 0.3) is 0 Å². The zero-order valence-corrected chi connectivity index (χ0v) is 10.9. The molecule has 0 bridgehead atoms. The van der Waals surface area contributed by atoms with E-state index in [4.69, 9.17) is 4.74 Å². The number of carbonyl (C=O) groups is 1. The third-order valence-corrected chi connectivity index (χ3v) is 2.73. The largest absolute Gasteiger partial charge is 0.380 e. The molecule has 0 unspecified atom stereocenters. The van der Waals surface area contributed by atoms with Crippen LogP contribution in [0.15, 0.2) is 24.3 Å². The van der Waals surface area contributed by atoms with Gasteiger partial charge in [-0.15, -0.1) is 0 Å². The Labute approximate surface area is 104 Å². The molecule has 0 aliphatic rings. The number of halogens is 1. The van der Waals surface area contributed by atoms with E-state index in [-0.39, 0.29) is 5.91 Å². The van der Waals surface area contributed by atoms with E-state index in [0.717, 1.165) is 10.9 Å². The summed E-state index contributed by atoms with van der Waals surface area (Å²) in [5.41, 5.74) is 1.78. The number of alkyl halides is 1. The van der Waals surface area contributed by atoms with Crippen molar-refractivity contribution in [2.45, 2.75) is 12.3 Å². The van der Waals surface area contributed by atoms with E-state index >= 15 is 0 Å². The molecule has 3 nitrogen and oxygen atoms in total. The first-order valence-electron chi connectivity index (χ1n) is 5.28. The second kappa shape index (κ2) is 7.41. The van der Waals surface area contributed by atoms with E-state index in [1.807, 2.05) is 31.2 Å². The van der Waals surface area contributed by atoms with Crippen LogP contribution in [-0.4, -0.2) is 25.7 Å². The standard InChI is InChI=1S/C12H16BrNO2/c1-2-16-7-6-14-12(15)11-5-3-4-10(8-11)9-13/h3-5,8H,2,6-7,9H2,1H3,(H,14,15). The van der Waals surface area contributed by atoms with Crippen molar-refractivity contribution in [3.8, 4) is 0 Å². The molecule has 16 heavy (non-hydrogen) atoms. The number of hydrogen-bond acceptors (Lipinski definition) is 2. The second-order valence-corrected chi connectivity index (χ2v) is 3.85. The summed E-state index contributed by atoms with van der Waals surface area (Å²) in [7, 11) is 0. The van der Waals surface area contributed by atoms with Gasteiger partial charge >= 0.3 is 0 Å². The summed E-state index contributed by atoms with van der Waals surface area (Å²) in [6.07, 6.45) is 0. The Kier molecular flexibility index (Phi) is 6.11. The lowest BCUT2D eigenvalue weighted by atomic mass is 10.1. The van der Waals surface area contributed by atoms with Gasteiger partial charge in [0.25, 0.3) is 5.91 Å². The van der Waals surface area contributed by atoms with Gasteiger partial charge in [0.05, 0.1) is 6.61 Å². The zero-order valence-electron chi connectivity index (χ0n) is 9.33. The quantitative estimate of drug-likeness (QED) is 0.644. The summed E-state index contributed by atoms with van der Waals surface area (Å²) in [4.78, 5) is 11.7. The minimum absolute atomic E-state index is 0.0532. The summed E-state index contributed by atoms with van der Waals surface area (Å²) < 4.78 is 5.14. The van der Waals surface area contributed by atoms with Gasteiger partial charge in [0, 0.05) is 24.0 Å². The van der Waals surface area contributed by atoms with Crippen molar-refractivity contribution in [2.24, 2.45) is 0 Å². The predicted molar refractivity (Wildman–Crippen MR) is 67.9 cm³/mol. The van der Waals surface area contributed by atoms with Crippen molar-refractivity contribution in [1.82, 2.24) is 5.32 Å². The summed E-state index contributed by atoms with van der Waals surface area (Å²) in [6.45, 7) is 3.71. The number of ether oxygens (including phenoxy) is 1. The maximum absolute atomic E-state index is 11.7. The molecule has 1 aromatic rings. The van der Waals surface area contributed by atoms with Crippen molar-refractivity contribution in [1.29, 1.82) is 0 Å². The smallest absolute Gasteiger partial charge is 0.251 e. The average Bonchev–Trinajstić information content (AvgIpc) is 2.34. The molecular formula is C12H16BrNO2. The van der Waals surface area contributed by atoms with Gasteiger partial charge in [0.2, 0.25) is 0 Å². The zero-order chi connectivity index (χ0) is 11.8. The van der Waals surface area contributed by atoms with Gasteiger partial charge in [-0.2, -0.15) is 0 Å². The van der Waals surface area contributed by atoms with Crippen LogP contribution in [0, 0.1) is 0 Å². The summed E-state index contributed by atoms with van der Waals surface area (Å²) in [5, 5.41) is 3.56. The molecule has 1 aromatic carbocycles. The van der Waals surface area contributed by atoms with E-state index < -0.39 is 0 Å². The minimum atomic E-state index is -0.0532. The number of benzene rings is 1. The highest BCUT2D eigenvalue weighted by Crippen LogP contribution is 2.08. The maximum Gasteiger partial charge on any atom is 0.251 e. The first kappa shape index (κ1) is 13.2. The SMILES string of the molecule is CCOCCNC(=O)c1cccc(CBr)c1. The van der Waals surface area contributed by atoms with Crippen LogP contribution in [0.1, 0.15) is 22.8 Å². The lowest BCUT2D eigenvalue weighted by molar-refractivity contribution is 0.0922. The molecule has 0 aliphatic carbocycles. The fraction of sp³-hybridized carbons (Fsp3) is 0.417. The normalized spacial score (nSPS) is 10.1. The van der Waals surface area contributed by atoms with Gasteiger partial charge < -0.3 is 10.1 Å². The average molecular weight is 286 g/mol. The summed E-state index contributed by atoms with van der Waals surface area (Å²) in [6, 6.07) is 7.55. The topological polar surface area (TPSA) is 38.3 Å². The van der Waals surface area contributed by atoms with Crippen LogP contribution >= 0.6 is 15.9 Å². The molecule has 0 spiro atoms. The van der Waals surface area contributed by atoms with Gasteiger partial charge in [0.15, 0.2) is 0 Å². The molecule has 0 atom stereocenters. The number of nitrogens with one attached hydrogen (secondary N) is 1. The molecule has 0 radical (unpaired) electrons. The Balaban J connectivity index is 2.46. The predicted octanol–water partition coefficient (Wildman–Crippen LogP) is 2.35. The first-order valence-corrected chi connectivity index (χ1v) is 6.41. The van der Waals surface area contributed by atoms with Gasteiger partial charge in [-0.25, -0.2) is 0 Å². The lowest BCUT2D eigenvalue weighted by Crippen LogP contribution is -2.27. The van der Waals surface area contributed by atoms with Crippen molar-refractivity contribution in [2.75, 3.05) is 19.8 Å². The Hall–Kier alpha value is -0.870. The van der Waals surface area contributed by atoms with E-state index in [9.17, 15) is 4.79 Å². The molecule has 1 amide bonds. The van der Waals surface area contributed by atoms with Crippen LogP contribution in [0.5, 0.6) is 0 Å². The Morgan fingerprint density at radius 3 is 3.00 bits per heavy atom. The monoisotopic (exact) mass is 285 g/mol. The second-order valence-electron chi connectivity index (χ2n) is 3.29. The Morgan fingerprint density at radius 2 is 2.31 bits per heavy atom. The molecule has 1 N–H and O–H groups in total. The highest BCUT2D eigenvalue weighted by molar-refractivity contribution is 9.08. The van der Waals surface area contributed by atoms with Crippen molar-refractivity contribution >= 4 is 21.8 Å². The van der Waals surface area contributed by atoms with Crippen molar-refractivity contribution < 1.29 is 9.53 Å². The molecule has 4 heteroatoms. The van der Waals surface area contributed by atoms with Crippen molar-refractivity contribution in [3.63, 3.8) is 0 Å². The van der Waals surface area contributed by atoms with Gasteiger partial charge in [-0.05, 0) is 24.6 Å². The molecule has 88 valence electrons. The summed E-state index contributed by atoms with van der Waals surface area (Å²) >= 11 is 3.36. The Morgan fingerprint density at radius 1 is 1.50 bits per heavy atom. The molecule has 0 fully saturated rings. The fourth-order valence-electron chi connectivity index (χ4n) is 1.28. The molecular weight excluding hydrogens is 270 g/mol. The third-order valence-electron chi connectivity index (χ3n) is 2.08. The van der Waals surface area contributed by atoms with Crippen LogP contribution in [0.4, 0.5) is 0 Å². The van der Waals surface area contributed by atoms with E-state index in [1.165, 1.54) is 0 Å². The van der Waals surface area contributed by atoms with Gasteiger partial charge in [-0.1, -0.05) is 28.1 Å². The van der Waals surface area contributed by atoms with E-state index in [1.54, 1.807) is 0 Å². The summed E-state index contributed by atoms with van der Waals surface area (Å²) in [5.74, 6) is -0.0532. The maximum atomic E-state index is 11.7. The van der Waals surface area contributed by atoms with Crippen LogP contribution < -0.4 is 5.32 Å². The number of hydrogen-bond donors (Lipinski definition) is 1. The van der Waals surface area contributed by atoms with E-state index in [0.29, 0.717) is 25.3 Å². The molecule has 0 aliphatic heterocycles. The highest BCUT2D eigenvalue weighted by Gasteiger charge is 2.04. The van der Waals surface area contributed by atoms with Crippen LogP contribution in [0.3, 0.4) is 0 Å². The molecule has 0 aromatic heterocycles. The number of rotatable bonds is 6. The van der Waals surface area contributed by atoms with E-state index in [2.05, 4.69) is 21.2 Å². The molecule has 0 saturated heterocycles.